The van der Waals surface area contributed by atoms with Crippen molar-refractivity contribution in [1.29, 1.82) is 0 Å². The molecule has 112 valence electrons. The van der Waals surface area contributed by atoms with Crippen molar-refractivity contribution in [3.05, 3.63) is 29.8 Å². The molecule has 1 aliphatic rings. The average Bonchev–Trinajstić information content (AvgIpc) is 2.48. The van der Waals surface area contributed by atoms with Crippen LogP contribution in [0, 0.1) is 5.92 Å². The van der Waals surface area contributed by atoms with Crippen molar-refractivity contribution in [3.63, 3.8) is 0 Å². The van der Waals surface area contributed by atoms with Crippen molar-refractivity contribution >= 4 is 0 Å². The predicted molar refractivity (Wildman–Crippen MR) is 84.2 cm³/mol. The SMILES string of the molecule is CCNCC1CCCN(Cc2ccc(OCC)cc2)C1. The van der Waals surface area contributed by atoms with Crippen molar-refractivity contribution in [2.75, 3.05) is 32.8 Å². The van der Waals surface area contributed by atoms with Gasteiger partial charge in [0.2, 0.25) is 0 Å². The Kier molecular flexibility index (Phi) is 6.34. The van der Waals surface area contributed by atoms with Gasteiger partial charge in [-0.15, -0.1) is 0 Å². The first kappa shape index (κ1) is 15.3. The van der Waals surface area contributed by atoms with E-state index in [1.807, 2.05) is 6.92 Å². The highest BCUT2D eigenvalue weighted by Gasteiger charge is 2.19. The Morgan fingerprint density at radius 2 is 2.05 bits per heavy atom. The monoisotopic (exact) mass is 276 g/mol. The molecule has 2 rings (SSSR count). The number of benzene rings is 1. The third-order valence-corrected chi connectivity index (χ3v) is 3.93. The number of likely N-dealkylation sites (tertiary alicyclic amines) is 1. The highest BCUT2D eigenvalue weighted by atomic mass is 16.5. The number of nitrogens with one attached hydrogen (secondary N) is 1. The van der Waals surface area contributed by atoms with Crippen molar-refractivity contribution in [1.82, 2.24) is 10.2 Å². The summed E-state index contributed by atoms with van der Waals surface area (Å²) in [6, 6.07) is 8.55. The smallest absolute Gasteiger partial charge is 0.119 e. The second-order valence-corrected chi connectivity index (χ2v) is 5.63. The number of hydrogen-bond donors (Lipinski definition) is 1. The Hall–Kier alpha value is -1.06. The molecular formula is C17H28N2O. The number of nitrogens with zero attached hydrogens (tertiary/aromatic N) is 1. The Labute approximate surface area is 123 Å². The van der Waals surface area contributed by atoms with E-state index in [0.717, 1.165) is 37.9 Å². The van der Waals surface area contributed by atoms with Crippen LogP contribution in [-0.4, -0.2) is 37.7 Å². The number of piperidine rings is 1. The van der Waals surface area contributed by atoms with Gasteiger partial charge in [0.15, 0.2) is 0 Å². The van der Waals surface area contributed by atoms with Gasteiger partial charge in [-0.3, -0.25) is 4.90 Å². The molecule has 1 aromatic rings. The lowest BCUT2D eigenvalue weighted by molar-refractivity contribution is 0.166. The van der Waals surface area contributed by atoms with Crippen molar-refractivity contribution in [2.45, 2.75) is 33.2 Å². The fourth-order valence-electron chi connectivity index (χ4n) is 2.93. The summed E-state index contributed by atoms with van der Waals surface area (Å²) in [6.45, 7) is 10.7. The quantitative estimate of drug-likeness (QED) is 0.829. The molecule has 20 heavy (non-hydrogen) atoms. The summed E-state index contributed by atoms with van der Waals surface area (Å²) in [6.07, 6.45) is 2.69. The normalized spacial score (nSPS) is 20.0. The number of rotatable bonds is 7. The van der Waals surface area contributed by atoms with E-state index in [4.69, 9.17) is 4.74 Å². The highest BCUT2D eigenvalue weighted by molar-refractivity contribution is 5.27. The van der Waals surface area contributed by atoms with Crippen LogP contribution in [0.15, 0.2) is 24.3 Å². The van der Waals surface area contributed by atoms with Gasteiger partial charge >= 0.3 is 0 Å². The summed E-state index contributed by atoms with van der Waals surface area (Å²) in [7, 11) is 0. The maximum Gasteiger partial charge on any atom is 0.119 e. The largest absolute Gasteiger partial charge is 0.494 e. The zero-order chi connectivity index (χ0) is 14.2. The highest BCUT2D eigenvalue weighted by Crippen LogP contribution is 2.19. The van der Waals surface area contributed by atoms with Crippen LogP contribution in [0.5, 0.6) is 5.75 Å². The molecule has 0 radical (unpaired) electrons. The second kappa shape index (κ2) is 8.28. The molecule has 3 heteroatoms. The van der Waals surface area contributed by atoms with Crippen LogP contribution in [0.3, 0.4) is 0 Å². The number of hydrogen-bond acceptors (Lipinski definition) is 3. The van der Waals surface area contributed by atoms with Gasteiger partial charge in [0.05, 0.1) is 6.61 Å². The topological polar surface area (TPSA) is 24.5 Å². The average molecular weight is 276 g/mol. The molecule has 1 atom stereocenters. The first-order valence-corrected chi connectivity index (χ1v) is 7.96. The first-order chi connectivity index (χ1) is 9.81. The maximum absolute atomic E-state index is 5.49. The standard InChI is InChI=1S/C17H28N2O/c1-3-18-12-16-6-5-11-19(14-16)13-15-7-9-17(10-8-15)20-4-2/h7-10,16,18H,3-6,11-14H2,1-2H3. The first-order valence-electron chi connectivity index (χ1n) is 7.96. The molecule has 1 N–H and O–H groups in total. The molecule has 0 aromatic heterocycles. The third-order valence-electron chi connectivity index (χ3n) is 3.93. The van der Waals surface area contributed by atoms with Crippen molar-refractivity contribution < 1.29 is 4.74 Å². The van der Waals surface area contributed by atoms with Gasteiger partial charge in [-0.05, 0) is 63.0 Å². The minimum Gasteiger partial charge on any atom is -0.494 e. The molecule has 1 saturated heterocycles. The van der Waals surface area contributed by atoms with E-state index in [9.17, 15) is 0 Å². The minimum atomic E-state index is 0.734. The molecule has 0 aliphatic carbocycles. The summed E-state index contributed by atoms with van der Waals surface area (Å²) >= 11 is 0. The molecule has 1 aromatic carbocycles. The summed E-state index contributed by atoms with van der Waals surface area (Å²) in [5.74, 6) is 1.78. The van der Waals surface area contributed by atoms with Gasteiger partial charge in [0.1, 0.15) is 5.75 Å². The van der Waals surface area contributed by atoms with Crippen molar-refractivity contribution in [2.24, 2.45) is 5.92 Å². The van der Waals surface area contributed by atoms with E-state index in [1.165, 1.54) is 31.5 Å². The van der Waals surface area contributed by atoms with Gasteiger partial charge in [0, 0.05) is 13.1 Å². The second-order valence-electron chi connectivity index (χ2n) is 5.63. The molecule has 1 fully saturated rings. The van der Waals surface area contributed by atoms with Crippen LogP contribution in [0.1, 0.15) is 32.3 Å². The van der Waals surface area contributed by atoms with E-state index < -0.39 is 0 Å². The van der Waals surface area contributed by atoms with Gasteiger partial charge < -0.3 is 10.1 Å². The van der Waals surface area contributed by atoms with E-state index >= 15 is 0 Å². The summed E-state index contributed by atoms with van der Waals surface area (Å²) in [4.78, 5) is 2.58. The zero-order valence-electron chi connectivity index (χ0n) is 12.9. The lowest BCUT2D eigenvalue weighted by atomic mass is 9.97. The van der Waals surface area contributed by atoms with Gasteiger partial charge in [-0.1, -0.05) is 19.1 Å². The van der Waals surface area contributed by atoms with Crippen LogP contribution in [0.25, 0.3) is 0 Å². The molecule has 0 bridgehead atoms. The fraction of sp³-hybridized carbons (Fsp3) is 0.647. The van der Waals surface area contributed by atoms with Gasteiger partial charge in [-0.2, -0.15) is 0 Å². The van der Waals surface area contributed by atoms with Gasteiger partial charge in [-0.25, -0.2) is 0 Å². The maximum atomic E-state index is 5.49. The minimum absolute atomic E-state index is 0.734. The Morgan fingerprint density at radius 1 is 1.25 bits per heavy atom. The van der Waals surface area contributed by atoms with Crippen LogP contribution >= 0.6 is 0 Å². The van der Waals surface area contributed by atoms with E-state index in [2.05, 4.69) is 41.4 Å². The molecule has 0 saturated carbocycles. The molecule has 1 unspecified atom stereocenters. The molecule has 0 spiro atoms. The van der Waals surface area contributed by atoms with Crippen molar-refractivity contribution in [3.8, 4) is 5.75 Å². The summed E-state index contributed by atoms with van der Waals surface area (Å²) < 4.78 is 5.49. The van der Waals surface area contributed by atoms with E-state index in [1.54, 1.807) is 0 Å². The van der Waals surface area contributed by atoms with E-state index in [-0.39, 0.29) is 0 Å². The molecule has 0 amide bonds. The third kappa shape index (κ3) is 4.80. The molecule has 1 aliphatic heterocycles. The molecular weight excluding hydrogens is 248 g/mol. The summed E-state index contributed by atoms with van der Waals surface area (Å²) in [5, 5.41) is 3.48. The van der Waals surface area contributed by atoms with Crippen LogP contribution in [-0.2, 0) is 6.54 Å². The Morgan fingerprint density at radius 3 is 2.75 bits per heavy atom. The zero-order valence-corrected chi connectivity index (χ0v) is 12.9. The summed E-state index contributed by atoms with van der Waals surface area (Å²) in [5.41, 5.74) is 1.39. The molecule has 3 nitrogen and oxygen atoms in total. The van der Waals surface area contributed by atoms with Crippen LogP contribution in [0.4, 0.5) is 0 Å². The Balaban J connectivity index is 1.82. The Bertz CT molecular complexity index is 377. The lowest BCUT2D eigenvalue weighted by Gasteiger charge is -2.32. The predicted octanol–water partition coefficient (Wildman–Crippen LogP) is 2.91. The number of ether oxygens (including phenoxy) is 1. The fourth-order valence-corrected chi connectivity index (χ4v) is 2.93. The van der Waals surface area contributed by atoms with E-state index in [0.29, 0.717) is 0 Å². The van der Waals surface area contributed by atoms with Crippen LogP contribution < -0.4 is 10.1 Å². The van der Waals surface area contributed by atoms with Crippen LogP contribution in [0.2, 0.25) is 0 Å². The molecule has 1 heterocycles. The lowest BCUT2D eigenvalue weighted by Crippen LogP contribution is -2.39. The van der Waals surface area contributed by atoms with Gasteiger partial charge in [0.25, 0.3) is 0 Å².